The molecule has 21 heavy (non-hydrogen) atoms. The number of hydrogen-bond donors (Lipinski definition) is 2. The Hall–Kier alpha value is -0.920. The van der Waals surface area contributed by atoms with Crippen LogP contribution in [-0.2, 0) is 16.6 Å². The first-order valence-corrected chi connectivity index (χ1v) is 9.12. The van der Waals surface area contributed by atoms with Gasteiger partial charge in [-0.05, 0) is 24.7 Å². The van der Waals surface area contributed by atoms with Crippen LogP contribution in [0.4, 0.5) is 0 Å². The van der Waals surface area contributed by atoms with E-state index in [9.17, 15) is 8.42 Å². The molecule has 0 aliphatic heterocycles. The van der Waals surface area contributed by atoms with E-state index in [1.165, 1.54) is 19.0 Å². The molecule has 1 aromatic rings. The topological polar surface area (TPSA) is 76.0 Å². The summed E-state index contributed by atoms with van der Waals surface area (Å²) in [7, 11) is -3.44. The van der Waals surface area contributed by atoms with Gasteiger partial charge in [-0.1, -0.05) is 20.8 Å². The number of hydrogen-bond acceptors (Lipinski definition) is 4. The SMILES string of the molecule is CC(C)NCCn1cc(S(=O)(=O)NCC(C)C2CC2)cn1. The number of sulfonamides is 1. The van der Waals surface area contributed by atoms with Crippen molar-refractivity contribution in [2.24, 2.45) is 11.8 Å². The fourth-order valence-electron chi connectivity index (χ4n) is 2.23. The van der Waals surface area contributed by atoms with Crippen LogP contribution in [0.25, 0.3) is 0 Å². The Bertz CT molecular complexity index is 549. The van der Waals surface area contributed by atoms with E-state index in [2.05, 4.69) is 35.9 Å². The van der Waals surface area contributed by atoms with E-state index in [0.29, 0.717) is 31.0 Å². The summed E-state index contributed by atoms with van der Waals surface area (Å²) >= 11 is 0. The zero-order valence-electron chi connectivity index (χ0n) is 13.0. The van der Waals surface area contributed by atoms with Crippen LogP contribution >= 0.6 is 0 Å². The second-order valence-corrected chi connectivity index (χ2v) is 7.98. The van der Waals surface area contributed by atoms with Crippen molar-refractivity contribution < 1.29 is 8.42 Å². The Kier molecular flexibility index (Phi) is 5.40. The number of nitrogens with zero attached hydrogens (tertiary/aromatic N) is 2. The van der Waals surface area contributed by atoms with Crippen molar-refractivity contribution in [3.05, 3.63) is 12.4 Å². The van der Waals surface area contributed by atoms with Gasteiger partial charge in [0.05, 0.1) is 12.7 Å². The van der Waals surface area contributed by atoms with Crippen molar-refractivity contribution in [3.63, 3.8) is 0 Å². The van der Waals surface area contributed by atoms with E-state index in [-0.39, 0.29) is 4.90 Å². The van der Waals surface area contributed by atoms with Gasteiger partial charge in [0.25, 0.3) is 0 Å². The Morgan fingerprint density at radius 3 is 2.71 bits per heavy atom. The molecule has 1 heterocycles. The molecule has 0 amide bonds. The summed E-state index contributed by atoms with van der Waals surface area (Å²) in [6.07, 6.45) is 5.46. The minimum Gasteiger partial charge on any atom is -0.313 e. The number of aromatic nitrogens is 2. The predicted octanol–water partition coefficient (Wildman–Crippen LogP) is 1.21. The van der Waals surface area contributed by atoms with Gasteiger partial charge in [-0.2, -0.15) is 5.10 Å². The molecule has 2 rings (SSSR count). The monoisotopic (exact) mass is 314 g/mol. The molecule has 1 atom stereocenters. The van der Waals surface area contributed by atoms with E-state index < -0.39 is 10.0 Å². The molecule has 2 N–H and O–H groups in total. The summed E-state index contributed by atoms with van der Waals surface area (Å²) in [4.78, 5) is 0.245. The Labute approximate surface area is 127 Å². The summed E-state index contributed by atoms with van der Waals surface area (Å²) in [6.45, 7) is 8.18. The zero-order chi connectivity index (χ0) is 15.5. The molecule has 0 bridgehead atoms. The first-order chi connectivity index (χ1) is 9.88. The summed E-state index contributed by atoms with van der Waals surface area (Å²) in [5.41, 5.74) is 0. The molecule has 1 unspecified atom stereocenters. The van der Waals surface area contributed by atoms with Gasteiger partial charge >= 0.3 is 0 Å². The van der Waals surface area contributed by atoms with Gasteiger partial charge in [-0.15, -0.1) is 0 Å². The molecule has 1 saturated carbocycles. The molecule has 1 aromatic heterocycles. The summed E-state index contributed by atoms with van der Waals surface area (Å²) in [5.74, 6) is 1.10. The van der Waals surface area contributed by atoms with Gasteiger partial charge in [-0.25, -0.2) is 13.1 Å². The molecule has 0 radical (unpaired) electrons. The predicted molar refractivity (Wildman–Crippen MR) is 82.4 cm³/mol. The Morgan fingerprint density at radius 1 is 1.38 bits per heavy atom. The van der Waals surface area contributed by atoms with Gasteiger partial charge in [0.1, 0.15) is 4.90 Å². The first kappa shape index (κ1) is 16.5. The highest BCUT2D eigenvalue weighted by molar-refractivity contribution is 7.89. The summed E-state index contributed by atoms with van der Waals surface area (Å²) < 4.78 is 28.7. The lowest BCUT2D eigenvalue weighted by Crippen LogP contribution is -2.29. The third-order valence-electron chi connectivity index (χ3n) is 3.84. The van der Waals surface area contributed by atoms with Crippen molar-refractivity contribution in [1.29, 1.82) is 0 Å². The maximum Gasteiger partial charge on any atom is 0.243 e. The van der Waals surface area contributed by atoms with E-state index in [0.717, 1.165) is 6.54 Å². The standard InChI is InChI=1S/C14H26N4O2S/c1-11(2)15-6-7-18-10-14(9-16-18)21(19,20)17-8-12(3)13-4-5-13/h9-13,15,17H,4-8H2,1-3H3. The number of rotatable bonds is 9. The van der Waals surface area contributed by atoms with Crippen LogP contribution in [0.5, 0.6) is 0 Å². The number of nitrogens with one attached hydrogen (secondary N) is 2. The highest BCUT2D eigenvalue weighted by Crippen LogP contribution is 2.36. The molecule has 120 valence electrons. The molecule has 0 saturated heterocycles. The van der Waals surface area contributed by atoms with Crippen LogP contribution in [0.1, 0.15) is 33.6 Å². The third-order valence-corrected chi connectivity index (χ3v) is 5.21. The molecule has 1 fully saturated rings. The van der Waals surface area contributed by atoms with E-state index in [1.54, 1.807) is 10.9 Å². The average Bonchev–Trinajstić information content (AvgIpc) is 3.15. The maximum atomic E-state index is 12.2. The fraction of sp³-hybridized carbons (Fsp3) is 0.786. The smallest absolute Gasteiger partial charge is 0.243 e. The second-order valence-electron chi connectivity index (χ2n) is 6.21. The Balaban J connectivity index is 1.86. The van der Waals surface area contributed by atoms with Crippen LogP contribution in [0.15, 0.2) is 17.3 Å². The molecule has 0 spiro atoms. The van der Waals surface area contributed by atoms with Gasteiger partial charge in [-0.3, -0.25) is 4.68 Å². The van der Waals surface area contributed by atoms with Crippen LogP contribution in [0.3, 0.4) is 0 Å². The maximum absolute atomic E-state index is 12.2. The molecule has 0 aromatic carbocycles. The molecule has 7 heteroatoms. The minimum atomic E-state index is -3.44. The van der Waals surface area contributed by atoms with Crippen LogP contribution < -0.4 is 10.0 Å². The van der Waals surface area contributed by atoms with Crippen molar-refractivity contribution in [2.75, 3.05) is 13.1 Å². The normalized spacial score (nSPS) is 17.3. The fourth-order valence-corrected chi connectivity index (χ4v) is 3.33. The van der Waals surface area contributed by atoms with Crippen molar-refractivity contribution in [3.8, 4) is 0 Å². The van der Waals surface area contributed by atoms with E-state index in [4.69, 9.17) is 0 Å². The van der Waals surface area contributed by atoms with E-state index in [1.807, 2.05) is 0 Å². The highest BCUT2D eigenvalue weighted by Gasteiger charge is 2.29. The summed E-state index contributed by atoms with van der Waals surface area (Å²) in [5, 5.41) is 7.39. The summed E-state index contributed by atoms with van der Waals surface area (Å²) in [6, 6.07) is 0.411. The molecule has 6 nitrogen and oxygen atoms in total. The van der Waals surface area contributed by atoms with Gasteiger partial charge in [0, 0.05) is 25.3 Å². The highest BCUT2D eigenvalue weighted by atomic mass is 32.2. The lowest BCUT2D eigenvalue weighted by Gasteiger charge is -2.10. The lowest BCUT2D eigenvalue weighted by atomic mass is 10.1. The zero-order valence-corrected chi connectivity index (χ0v) is 13.9. The molecule has 1 aliphatic rings. The third kappa shape index (κ3) is 5.09. The molecular formula is C14H26N4O2S. The van der Waals surface area contributed by atoms with Crippen LogP contribution in [-0.4, -0.2) is 37.3 Å². The minimum absolute atomic E-state index is 0.245. The van der Waals surface area contributed by atoms with Gasteiger partial charge in [0.15, 0.2) is 0 Å². The largest absolute Gasteiger partial charge is 0.313 e. The van der Waals surface area contributed by atoms with Gasteiger partial charge in [0.2, 0.25) is 10.0 Å². The molecular weight excluding hydrogens is 288 g/mol. The van der Waals surface area contributed by atoms with Crippen LogP contribution in [0, 0.1) is 11.8 Å². The van der Waals surface area contributed by atoms with E-state index >= 15 is 0 Å². The molecule has 1 aliphatic carbocycles. The quantitative estimate of drug-likeness (QED) is 0.718. The van der Waals surface area contributed by atoms with Gasteiger partial charge < -0.3 is 5.32 Å². The first-order valence-electron chi connectivity index (χ1n) is 7.64. The van der Waals surface area contributed by atoms with Crippen LogP contribution in [0.2, 0.25) is 0 Å². The Morgan fingerprint density at radius 2 is 2.10 bits per heavy atom. The lowest BCUT2D eigenvalue weighted by molar-refractivity contribution is 0.491. The van der Waals surface area contributed by atoms with Crippen molar-refractivity contribution in [1.82, 2.24) is 19.8 Å². The second kappa shape index (κ2) is 6.89. The van der Waals surface area contributed by atoms with Crippen molar-refractivity contribution in [2.45, 2.75) is 51.1 Å². The van der Waals surface area contributed by atoms with Crippen molar-refractivity contribution >= 4 is 10.0 Å². The average molecular weight is 314 g/mol.